The van der Waals surface area contributed by atoms with Crippen molar-refractivity contribution in [3.63, 3.8) is 0 Å². The number of nitrogens with zero attached hydrogens (tertiary/aromatic N) is 8. The molecule has 8 aromatic rings. The van der Waals surface area contributed by atoms with Gasteiger partial charge in [0.1, 0.15) is 5.82 Å². The zero-order valence-corrected chi connectivity index (χ0v) is 29.2. The second-order valence-corrected chi connectivity index (χ2v) is 10.7. The van der Waals surface area contributed by atoms with Crippen molar-refractivity contribution in [3.8, 4) is 22.9 Å². The first-order valence-electron chi connectivity index (χ1n) is 14.8. The van der Waals surface area contributed by atoms with E-state index in [1.807, 2.05) is 62.6 Å². The predicted octanol–water partition coefficient (Wildman–Crippen LogP) is 6.18. The van der Waals surface area contributed by atoms with Crippen molar-refractivity contribution in [3.05, 3.63) is 151 Å². The summed E-state index contributed by atoms with van der Waals surface area (Å²) in [5.41, 5.74) is 4.00. The number of hydrogen-bond donors (Lipinski definition) is 0. The molecule has 0 saturated carbocycles. The molecule has 4 aromatic carbocycles. The molecule has 267 valence electrons. The summed E-state index contributed by atoms with van der Waals surface area (Å²) in [7, 11) is 3.64. The molecule has 0 spiro atoms. The Kier molecular flexibility index (Phi) is 11.3. The third kappa shape index (κ3) is 8.08. The summed E-state index contributed by atoms with van der Waals surface area (Å²) in [4.78, 5) is 7.05. The maximum atomic E-state index is 13.8. The number of rotatable bonds is 3. The van der Waals surface area contributed by atoms with E-state index in [1.54, 1.807) is 21.3 Å². The third-order valence-electron chi connectivity index (χ3n) is 7.19. The van der Waals surface area contributed by atoms with Crippen LogP contribution >= 0.6 is 0 Å². The fourth-order valence-corrected chi connectivity index (χ4v) is 4.91. The van der Waals surface area contributed by atoms with Gasteiger partial charge in [0.15, 0.2) is 0 Å². The number of hydrogen-bond acceptors (Lipinski definition) is 3. The Morgan fingerprint density at radius 3 is 1.60 bits per heavy atom. The van der Waals surface area contributed by atoms with Gasteiger partial charge in [-0.1, -0.05) is 54.6 Å². The topological polar surface area (TPSA) is 70.4 Å². The second kappa shape index (κ2) is 15.7. The van der Waals surface area contributed by atoms with Crippen molar-refractivity contribution in [1.29, 1.82) is 0 Å². The van der Waals surface area contributed by atoms with Crippen LogP contribution in [-0.4, -0.2) is 24.2 Å². The van der Waals surface area contributed by atoms with Crippen molar-refractivity contribution in [2.45, 2.75) is 6.18 Å². The van der Waals surface area contributed by atoms with Crippen LogP contribution in [0.5, 0.6) is 0 Å². The summed E-state index contributed by atoms with van der Waals surface area (Å²) in [5.74, 6) is -3.97. The Hall–Kier alpha value is -5.73. The molecule has 0 fully saturated rings. The van der Waals surface area contributed by atoms with Crippen molar-refractivity contribution < 1.29 is 60.0 Å². The van der Waals surface area contributed by atoms with Crippen LogP contribution in [0.15, 0.2) is 97.2 Å². The van der Waals surface area contributed by atoms with Crippen LogP contribution in [0.25, 0.3) is 45.0 Å². The van der Waals surface area contributed by atoms with E-state index in [2.05, 4.69) is 45.0 Å². The number of aromatic nitrogens is 8. The van der Waals surface area contributed by atoms with Crippen LogP contribution < -0.4 is 14.2 Å². The number of fused-ring (bicyclic) bond motifs is 2. The minimum atomic E-state index is -4.57. The van der Waals surface area contributed by atoms with Gasteiger partial charge in [-0.3, -0.25) is 27.6 Å². The molecule has 1 radical (unpaired) electrons. The molecule has 0 aliphatic heterocycles. The van der Waals surface area contributed by atoms with Crippen molar-refractivity contribution in [1.82, 2.24) is 29.3 Å². The summed E-state index contributed by atoms with van der Waals surface area (Å²) in [6, 6.07) is 28.9. The van der Waals surface area contributed by atoms with Gasteiger partial charge in [0.05, 0.1) is 41.9 Å². The molecule has 52 heavy (non-hydrogen) atoms. The van der Waals surface area contributed by atoms with E-state index < -0.39 is 35.3 Å². The Bertz CT molecular complexity index is 2330. The molecule has 0 bridgehead atoms. The zero-order valence-electron chi connectivity index (χ0n) is 26.8. The first kappa shape index (κ1) is 37.5. The van der Waals surface area contributed by atoms with Crippen LogP contribution in [0.4, 0.5) is 30.7 Å². The van der Waals surface area contributed by atoms with Gasteiger partial charge < -0.3 is 28.4 Å². The first-order chi connectivity index (χ1) is 24.4. The first-order valence-corrected chi connectivity index (χ1v) is 14.8. The normalized spacial score (nSPS) is 11.0. The van der Waals surface area contributed by atoms with E-state index in [0.717, 1.165) is 46.3 Å². The number of alkyl halides is 3. The fraction of sp³-hybridized carbons (Fsp3) is 0.0833. The smallest absolute Gasteiger partial charge is 0.413 e. The number of pyridine rings is 1. The Labute approximate surface area is 304 Å². The van der Waals surface area contributed by atoms with Gasteiger partial charge >= 0.3 is 6.18 Å². The average molecular weight is 892 g/mol. The molecule has 8 nitrogen and oxygen atoms in total. The summed E-state index contributed by atoms with van der Waals surface area (Å²) in [5, 5.41) is 6.25. The van der Waals surface area contributed by atoms with Crippen LogP contribution in [0.1, 0.15) is 5.82 Å². The van der Waals surface area contributed by atoms with Crippen molar-refractivity contribution in [2.75, 3.05) is 0 Å². The molecule has 16 heteroatoms. The van der Waals surface area contributed by atoms with Gasteiger partial charge in [0, 0.05) is 49.6 Å². The molecule has 0 atom stereocenters. The average Bonchev–Trinajstić information content (AvgIpc) is 3.83. The van der Waals surface area contributed by atoms with E-state index >= 15 is 0 Å². The van der Waals surface area contributed by atoms with Gasteiger partial charge in [0.2, 0.25) is 12.7 Å². The number of benzene rings is 4. The van der Waals surface area contributed by atoms with Crippen LogP contribution in [0.3, 0.4) is 0 Å². The van der Waals surface area contributed by atoms with Gasteiger partial charge in [-0.15, -0.1) is 24.3 Å². The van der Waals surface area contributed by atoms with Gasteiger partial charge in [-0.25, -0.2) is 0 Å². The third-order valence-corrected chi connectivity index (χ3v) is 7.19. The number of halogens is 7. The van der Waals surface area contributed by atoms with E-state index in [1.165, 1.54) is 21.4 Å². The number of aryl methyl sites for hydroxylation is 2. The van der Waals surface area contributed by atoms with Crippen LogP contribution in [0.2, 0.25) is 0 Å². The number of para-hydroxylation sites is 4. The second-order valence-electron chi connectivity index (χ2n) is 10.7. The molecule has 4 aromatic heterocycles. The van der Waals surface area contributed by atoms with Crippen LogP contribution in [-0.2, 0) is 40.4 Å². The minimum absolute atomic E-state index is 0. The van der Waals surface area contributed by atoms with Crippen molar-refractivity contribution >= 4 is 22.1 Å². The van der Waals surface area contributed by atoms with E-state index in [9.17, 15) is 30.7 Å². The fourth-order valence-electron chi connectivity index (χ4n) is 4.91. The van der Waals surface area contributed by atoms with Crippen LogP contribution in [0, 0.1) is 48.1 Å². The van der Waals surface area contributed by atoms with E-state index in [-0.39, 0.29) is 43.0 Å². The quantitative estimate of drug-likeness (QED) is 0.121. The molecule has 0 unspecified atom stereocenters. The molecule has 0 N–H and O–H groups in total. The molecule has 0 aliphatic rings. The monoisotopic (exact) mass is 892 g/mol. The molecule has 4 heterocycles. The molecule has 0 saturated heterocycles. The van der Waals surface area contributed by atoms with E-state index in [0.29, 0.717) is 0 Å². The molecule has 0 aliphatic carbocycles. The number of imidazole rings is 2. The standard InChI is InChI=1S/2C14H9F2N2.C8H4F3N4.Ir/c2*1-17-9-18(14-5-3-2-4-13(14)17)12-7-6-10(15)8-11(12)16;9-8(10,11)7-13-6(14-15-7)5-3-1-2-4-12-5;/h2*2-6,8H,1H3;1-4H;/q3*-1;. The van der Waals surface area contributed by atoms with E-state index in [4.69, 9.17) is 0 Å². The molecular formula is C36H22F7IrN8-3. The zero-order chi connectivity index (χ0) is 36.3. The SMILES string of the molecule is C[n+]1[c-]n(-c2[c-]cc(F)cc2F)c2ccccc21.C[n+]1[c-]n(-c2[c-]cc(F)cc2F)c2ccccc21.FC(F)(F)c1n[n-]c(-c2ccccn2)n1.[Ir]. The van der Waals surface area contributed by atoms with Gasteiger partial charge in [-0.05, 0) is 29.3 Å². The summed E-state index contributed by atoms with van der Waals surface area (Å²) < 4.78 is 96.2. The Balaban J connectivity index is 0.000000150. The van der Waals surface area contributed by atoms with Gasteiger partial charge in [0.25, 0.3) is 0 Å². The van der Waals surface area contributed by atoms with Crippen molar-refractivity contribution in [2.24, 2.45) is 14.1 Å². The molecule has 8 rings (SSSR count). The maximum absolute atomic E-state index is 13.8. The molecule has 0 amide bonds. The maximum Gasteiger partial charge on any atom is 0.429 e. The predicted molar refractivity (Wildman–Crippen MR) is 168 cm³/mol. The largest absolute Gasteiger partial charge is 0.429 e. The Morgan fingerprint density at radius 2 is 1.17 bits per heavy atom. The Morgan fingerprint density at radius 1 is 0.692 bits per heavy atom. The summed E-state index contributed by atoms with van der Waals surface area (Å²) in [6.07, 6.45) is 2.81. The molecular weight excluding hydrogens is 870 g/mol. The minimum Gasteiger partial charge on any atom is -0.413 e. The summed E-state index contributed by atoms with van der Waals surface area (Å²) in [6.45, 7) is 0. The summed E-state index contributed by atoms with van der Waals surface area (Å²) >= 11 is 0. The van der Waals surface area contributed by atoms with Gasteiger partial charge in [-0.2, -0.15) is 25.3 Å².